The molecule has 1 aromatic heterocycles. The van der Waals surface area contributed by atoms with E-state index in [0.29, 0.717) is 11.3 Å². The molecule has 0 bridgehead atoms. The number of nitrogens with zero attached hydrogens (tertiary/aromatic N) is 2. The summed E-state index contributed by atoms with van der Waals surface area (Å²) in [6.45, 7) is 7.96. The van der Waals surface area contributed by atoms with Crippen LogP contribution >= 0.6 is 12.4 Å². The number of nitrogens with two attached hydrogens (primary N) is 1. The van der Waals surface area contributed by atoms with Gasteiger partial charge in [0.05, 0.1) is 5.69 Å². The van der Waals surface area contributed by atoms with Gasteiger partial charge in [-0.1, -0.05) is 6.07 Å². The molecule has 23 heavy (non-hydrogen) atoms. The van der Waals surface area contributed by atoms with Crippen LogP contribution in [0.25, 0.3) is 0 Å². The van der Waals surface area contributed by atoms with Crippen molar-refractivity contribution >= 4 is 24.0 Å². The maximum Gasteiger partial charge on any atom is 0.251 e. The molecule has 0 spiro atoms. The van der Waals surface area contributed by atoms with Crippen LogP contribution in [0, 0.1) is 20.8 Å². The predicted octanol–water partition coefficient (Wildman–Crippen LogP) is 2.71. The summed E-state index contributed by atoms with van der Waals surface area (Å²) < 4.78 is 1.88. The zero-order valence-corrected chi connectivity index (χ0v) is 15.1. The van der Waals surface area contributed by atoms with Crippen molar-refractivity contribution in [3.63, 3.8) is 0 Å². The molecule has 0 saturated carbocycles. The third kappa shape index (κ3) is 4.26. The zero-order valence-electron chi connectivity index (χ0n) is 14.3. The number of amides is 1. The Morgan fingerprint density at radius 3 is 2.57 bits per heavy atom. The molecule has 0 aliphatic heterocycles. The molecule has 3 N–H and O–H groups in total. The van der Waals surface area contributed by atoms with Crippen molar-refractivity contribution < 1.29 is 4.79 Å². The van der Waals surface area contributed by atoms with Crippen LogP contribution in [-0.4, -0.2) is 21.7 Å². The van der Waals surface area contributed by atoms with E-state index < -0.39 is 0 Å². The molecular formula is C17H25ClN4O. The first-order valence-electron chi connectivity index (χ1n) is 7.45. The first-order valence-corrected chi connectivity index (χ1v) is 7.45. The molecular weight excluding hydrogens is 312 g/mol. The molecule has 0 saturated heterocycles. The standard InChI is InChI=1S/C17H24N4O.ClH/c1-10-6-7-14(18)9-15(10)17(22)19-11(2)8-16-12(3)20-21(5)13(16)4;/h6-7,9,11H,8,18H2,1-5H3,(H,19,22);1H. The maximum absolute atomic E-state index is 12.4. The van der Waals surface area contributed by atoms with E-state index in [0.717, 1.165) is 23.4 Å². The van der Waals surface area contributed by atoms with E-state index in [9.17, 15) is 4.79 Å². The molecule has 2 rings (SSSR count). The molecule has 126 valence electrons. The lowest BCUT2D eigenvalue weighted by atomic mass is 10.0. The number of rotatable bonds is 4. The van der Waals surface area contributed by atoms with Crippen molar-refractivity contribution in [2.24, 2.45) is 7.05 Å². The molecule has 2 aromatic rings. The van der Waals surface area contributed by atoms with Gasteiger partial charge in [-0.2, -0.15) is 5.10 Å². The van der Waals surface area contributed by atoms with Gasteiger partial charge in [0.15, 0.2) is 0 Å². The molecule has 1 amide bonds. The number of hydrogen-bond acceptors (Lipinski definition) is 3. The Hall–Kier alpha value is -2.01. The van der Waals surface area contributed by atoms with Gasteiger partial charge < -0.3 is 11.1 Å². The number of hydrogen-bond donors (Lipinski definition) is 2. The third-order valence-electron chi connectivity index (χ3n) is 4.05. The van der Waals surface area contributed by atoms with Gasteiger partial charge in [-0.25, -0.2) is 0 Å². The van der Waals surface area contributed by atoms with E-state index in [-0.39, 0.29) is 24.4 Å². The number of aromatic nitrogens is 2. The molecule has 1 unspecified atom stereocenters. The Bertz CT molecular complexity index is 709. The van der Waals surface area contributed by atoms with Crippen molar-refractivity contribution in [3.05, 3.63) is 46.3 Å². The van der Waals surface area contributed by atoms with Crippen LogP contribution < -0.4 is 11.1 Å². The molecule has 1 heterocycles. The highest BCUT2D eigenvalue weighted by molar-refractivity contribution is 5.96. The number of nitrogen functional groups attached to an aromatic ring is 1. The average molecular weight is 337 g/mol. The number of anilines is 1. The van der Waals surface area contributed by atoms with Gasteiger partial charge in [-0.3, -0.25) is 9.48 Å². The van der Waals surface area contributed by atoms with Crippen molar-refractivity contribution in [1.82, 2.24) is 15.1 Å². The van der Waals surface area contributed by atoms with E-state index in [4.69, 9.17) is 5.73 Å². The fourth-order valence-electron chi connectivity index (χ4n) is 2.66. The monoisotopic (exact) mass is 336 g/mol. The topological polar surface area (TPSA) is 72.9 Å². The van der Waals surface area contributed by atoms with Gasteiger partial charge in [-0.15, -0.1) is 12.4 Å². The molecule has 0 radical (unpaired) electrons. The lowest BCUT2D eigenvalue weighted by Gasteiger charge is -2.15. The lowest BCUT2D eigenvalue weighted by Crippen LogP contribution is -2.34. The predicted molar refractivity (Wildman–Crippen MR) is 96.2 cm³/mol. The van der Waals surface area contributed by atoms with Crippen molar-refractivity contribution in [2.75, 3.05) is 5.73 Å². The average Bonchev–Trinajstić information content (AvgIpc) is 2.68. The summed E-state index contributed by atoms with van der Waals surface area (Å²) in [6, 6.07) is 5.41. The minimum absolute atomic E-state index is 0. The number of aryl methyl sites for hydroxylation is 3. The molecule has 6 heteroatoms. The highest BCUT2D eigenvalue weighted by atomic mass is 35.5. The summed E-state index contributed by atoms with van der Waals surface area (Å²) in [5.74, 6) is -0.0866. The Morgan fingerprint density at radius 1 is 1.35 bits per heavy atom. The highest BCUT2D eigenvalue weighted by Gasteiger charge is 2.16. The minimum Gasteiger partial charge on any atom is -0.399 e. The van der Waals surface area contributed by atoms with Gasteiger partial charge in [0, 0.05) is 30.0 Å². The van der Waals surface area contributed by atoms with Gasteiger partial charge in [0.25, 0.3) is 5.91 Å². The second-order valence-corrected chi connectivity index (χ2v) is 5.93. The van der Waals surface area contributed by atoms with E-state index in [1.807, 2.05) is 45.5 Å². The van der Waals surface area contributed by atoms with Crippen LogP contribution in [0.5, 0.6) is 0 Å². The summed E-state index contributed by atoms with van der Waals surface area (Å²) >= 11 is 0. The number of halogens is 1. The van der Waals surface area contributed by atoms with Crippen LogP contribution in [0.1, 0.15) is 39.8 Å². The van der Waals surface area contributed by atoms with Gasteiger partial charge in [0.2, 0.25) is 0 Å². The number of benzene rings is 1. The summed E-state index contributed by atoms with van der Waals surface area (Å²) in [6.07, 6.45) is 0.763. The molecule has 0 aliphatic rings. The normalized spacial score (nSPS) is 11.7. The Kier molecular flexibility index (Phi) is 6.21. The number of carbonyl (C=O) groups excluding carboxylic acids is 1. The van der Waals surface area contributed by atoms with Crippen molar-refractivity contribution in [3.8, 4) is 0 Å². The van der Waals surface area contributed by atoms with Crippen LogP contribution in [0.4, 0.5) is 5.69 Å². The SMILES string of the molecule is Cc1ccc(N)cc1C(=O)NC(C)Cc1c(C)nn(C)c1C.Cl. The van der Waals surface area contributed by atoms with Crippen molar-refractivity contribution in [1.29, 1.82) is 0 Å². The van der Waals surface area contributed by atoms with Crippen LogP contribution in [0.15, 0.2) is 18.2 Å². The second-order valence-electron chi connectivity index (χ2n) is 5.93. The van der Waals surface area contributed by atoms with Crippen molar-refractivity contribution in [2.45, 2.75) is 40.2 Å². The Balaban J connectivity index is 0.00000264. The lowest BCUT2D eigenvalue weighted by molar-refractivity contribution is 0.0939. The number of nitrogens with one attached hydrogen (secondary N) is 1. The van der Waals surface area contributed by atoms with E-state index in [2.05, 4.69) is 10.4 Å². The fourth-order valence-corrected chi connectivity index (χ4v) is 2.66. The summed E-state index contributed by atoms with van der Waals surface area (Å²) in [5, 5.41) is 7.46. The largest absolute Gasteiger partial charge is 0.399 e. The molecule has 0 aliphatic carbocycles. The summed E-state index contributed by atoms with van der Waals surface area (Å²) in [4.78, 5) is 12.4. The van der Waals surface area contributed by atoms with Gasteiger partial charge >= 0.3 is 0 Å². The molecule has 1 aromatic carbocycles. The number of carbonyl (C=O) groups is 1. The van der Waals surface area contributed by atoms with Crippen LogP contribution in [0.2, 0.25) is 0 Å². The summed E-state index contributed by atoms with van der Waals surface area (Å²) in [5.41, 5.74) is 11.3. The molecule has 0 fully saturated rings. The Morgan fingerprint density at radius 2 is 2.00 bits per heavy atom. The van der Waals surface area contributed by atoms with Gasteiger partial charge in [-0.05, 0) is 57.4 Å². The van der Waals surface area contributed by atoms with Gasteiger partial charge in [0.1, 0.15) is 0 Å². The quantitative estimate of drug-likeness (QED) is 0.843. The van der Waals surface area contributed by atoms with E-state index in [1.165, 1.54) is 5.56 Å². The highest BCUT2D eigenvalue weighted by Crippen LogP contribution is 2.16. The zero-order chi connectivity index (χ0) is 16.4. The minimum atomic E-state index is -0.0866. The molecule has 5 nitrogen and oxygen atoms in total. The summed E-state index contributed by atoms with van der Waals surface area (Å²) in [7, 11) is 1.94. The third-order valence-corrected chi connectivity index (χ3v) is 4.05. The fraction of sp³-hybridized carbons (Fsp3) is 0.412. The van der Waals surface area contributed by atoms with Crippen LogP contribution in [-0.2, 0) is 13.5 Å². The Labute approximate surface area is 143 Å². The smallest absolute Gasteiger partial charge is 0.251 e. The van der Waals surface area contributed by atoms with E-state index in [1.54, 1.807) is 12.1 Å². The first-order chi connectivity index (χ1) is 10.3. The van der Waals surface area contributed by atoms with Crippen LogP contribution in [0.3, 0.4) is 0 Å². The molecule has 1 atom stereocenters. The maximum atomic E-state index is 12.4. The second kappa shape index (κ2) is 7.51. The first kappa shape index (κ1) is 19.0. The van der Waals surface area contributed by atoms with E-state index >= 15 is 0 Å².